The molecule has 0 aliphatic rings. The zero-order valence-electron chi connectivity index (χ0n) is 15.6. The van der Waals surface area contributed by atoms with Crippen molar-refractivity contribution in [3.05, 3.63) is 53.6 Å². The van der Waals surface area contributed by atoms with Crippen LogP contribution in [0.5, 0.6) is 5.75 Å². The molecule has 2 rings (SSSR count). The average Bonchev–Trinajstić information content (AvgIpc) is 2.66. The normalized spacial score (nSPS) is 11.4. The summed E-state index contributed by atoms with van der Waals surface area (Å²) in [5.74, 6) is -0.575. The molecule has 0 radical (unpaired) electrons. The van der Waals surface area contributed by atoms with Crippen LogP contribution in [0.4, 0.5) is 11.4 Å². The van der Waals surface area contributed by atoms with Crippen LogP contribution in [0.3, 0.4) is 0 Å². The molecular weight excluding hydrogens is 348 g/mol. The van der Waals surface area contributed by atoms with E-state index < -0.39 is 18.0 Å². The van der Waals surface area contributed by atoms with Gasteiger partial charge in [-0.3, -0.25) is 4.79 Å². The Hall–Kier alpha value is -3.06. The smallest absolute Gasteiger partial charge is 0.341 e. The van der Waals surface area contributed by atoms with E-state index in [4.69, 9.17) is 14.6 Å². The van der Waals surface area contributed by atoms with E-state index >= 15 is 0 Å². The topological polar surface area (TPSA) is 96.9 Å². The lowest BCUT2D eigenvalue weighted by Crippen LogP contribution is -2.30. The number of aliphatic hydroxyl groups is 1. The molecule has 0 unspecified atom stereocenters. The molecule has 3 N–H and O–H groups in total. The summed E-state index contributed by atoms with van der Waals surface area (Å²) in [7, 11) is 1.51. The summed E-state index contributed by atoms with van der Waals surface area (Å²) >= 11 is 0. The summed E-state index contributed by atoms with van der Waals surface area (Å²) < 4.78 is 10.5. The number of anilines is 2. The minimum Gasteiger partial charge on any atom is -0.495 e. The van der Waals surface area contributed by atoms with Crippen LogP contribution in [-0.4, -0.2) is 43.3 Å². The minimum atomic E-state index is -1.01. The Balaban J connectivity index is 2.06. The van der Waals surface area contributed by atoms with Crippen LogP contribution in [0.25, 0.3) is 0 Å². The second-order valence-corrected chi connectivity index (χ2v) is 5.94. The third kappa shape index (κ3) is 5.46. The second kappa shape index (κ2) is 9.59. The predicted octanol–water partition coefficient (Wildman–Crippen LogP) is 2.59. The number of benzene rings is 2. The van der Waals surface area contributed by atoms with Crippen molar-refractivity contribution in [2.24, 2.45) is 0 Å². The number of amides is 1. The Bertz CT molecular complexity index is 807. The van der Waals surface area contributed by atoms with Gasteiger partial charge in [0.1, 0.15) is 5.75 Å². The Labute approximate surface area is 158 Å². The molecule has 144 valence electrons. The van der Waals surface area contributed by atoms with Gasteiger partial charge in [-0.2, -0.15) is 0 Å². The van der Waals surface area contributed by atoms with Gasteiger partial charge in [0.15, 0.2) is 6.10 Å². The van der Waals surface area contributed by atoms with Crippen molar-refractivity contribution >= 4 is 23.3 Å². The number of para-hydroxylation sites is 1. The fourth-order valence-corrected chi connectivity index (χ4v) is 2.44. The largest absolute Gasteiger partial charge is 0.495 e. The molecule has 0 bridgehead atoms. The molecular formula is C20H24N2O5. The Kier molecular flexibility index (Phi) is 7.19. The summed E-state index contributed by atoms with van der Waals surface area (Å²) in [6.07, 6.45) is -1.01. The van der Waals surface area contributed by atoms with Crippen LogP contribution in [0.1, 0.15) is 22.8 Å². The first-order valence-electron chi connectivity index (χ1n) is 8.56. The fourth-order valence-electron chi connectivity index (χ4n) is 2.44. The number of aliphatic hydroxyl groups excluding tert-OH is 1. The number of hydrogen-bond acceptors (Lipinski definition) is 6. The van der Waals surface area contributed by atoms with E-state index in [-0.39, 0.29) is 6.61 Å². The highest BCUT2D eigenvalue weighted by molar-refractivity contribution is 6.00. The summed E-state index contributed by atoms with van der Waals surface area (Å²) in [4.78, 5) is 24.9. The predicted molar refractivity (Wildman–Crippen MR) is 103 cm³/mol. The molecule has 0 fully saturated rings. The maximum atomic E-state index is 12.4. The quantitative estimate of drug-likeness (QED) is 0.617. The number of hydrogen-bond donors (Lipinski definition) is 3. The number of carbonyl (C=O) groups excluding carboxylic acids is 2. The van der Waals surface area contributed by atoms with Gasteiger partial charge in [0.2, 0.25) is 0 Å². The molecule has 0 saturated carbocycles. The Morgan fingerprint density at radius 3 is 2.59 bits per heavy atom. The van der Waals surface area contributed by atoms with E-state index in [9.17, 15) is 9.59 Å². The average molecular weight is 372 g/mol. The molecule has 0 aliphatic carbocycles. The minimum absolute atomic E-state index is 0.0689. The van der Waals surface area contributed by atoms with Gasteiger partial charge < -0.3 is 25.2 Å². The number of nitrogens with one attached hydrogen (secondary N) is 2. The summed E-state index contributed by atoms with van der Waals surface area (Å²) in [6, 6.07) is 12.2. The van der Waals surface area contributed by atoms with Crippen molar-refractivity contribution in [3.63, 3.8) is 0 Å². The molecule has 0 saturated heterocycles. The number of rotatable bonds is 8. The van der Waals surface area contributed by atoms with Crippen molar-refractivity contribution in [2.45, 2.75) is 20.0 Å². The Morgan fingerprint density at radius 1 is 1.15 bits per heavy atom. The first-order chi connectivity index (χ1) is 13.0. The third-order valence-electron chi connectivity index (χ3n) is 3.84. The molecule has 0 heterocycles. The molecule has 1 amide bonds. The lowest BCUT2D eigenvalue weighted by Gasteiger charge is -2.17. The maximum Gasteiger partial charge on any atom is 0.341 e. The molecule has 2 aromatic rings. The van der Waals surface area contributed by atoms with Gasteiger partial charge >= 0.3 is 5.97 Å². The van der Waals surface area contributed by atoms with E-state index in [1.54, 1.807) is 36.4 Å². The van der Waals surface area contributed by atoms with Crippen molar-refractivity contribution in [3.8, 4) is 5.75 Å². The molecule has 1 atom stereocenters. The van der Waals surface area contributed by atoms with Gasteiger partial charge in [-0.25, -0.2) is 4.79 Å². The molecule has 0 aliphatic heterocycles. The van der Waals surface area contributed by atoms with Gasteiger partial charge in [-0.1, -0.05) is 18.2 Å². The van der Waals surface area contributed by atoms with Crippen LogP contribution >= 0.6 is 0 Å². The lowest BCUT2D eigenvalue weighted by molar-refractivity contribution is -0.123. The molecule has 27 heavy (non-hydrogen) atoms. The van der Waals surface area contributed by atoms with Crippen LogP contribution < -0.4 is 15.4 Å². The van der Waals surface area contributed by atoms with Crippen LogP contribution in [-0.2, 0) is 9.53 Å². The molecule has 2 aromatic carbocycles. The number of ether oxygens (including phenoxy) is 2. The molecule has 7 nitrogen and oxygen atoms in total. The van der Waals surface area contributed by atoms with Crippen molar-refractivity contribution < 1.29 is 24.2 Å². The van der Waals surface area contributed by atoms with Crippen LogP contribution in [0, 0.1) is 6.92 Å². The molecule has 0 aromatic heterocycles. The van der Waals surface area contributed by atoms with Crippen LogP contribution in [0.15, 0.2) is 42.5 Å². The first-order valence-corrected chi connectivity index (χ1v) is 8.56. The first kappa shape index (κ1) is 20.3. The third-order valence-corrected chi connectivity index (χ3v) is 3.84. The van der Waals surface area contributed by atoms with Crippen LogP contribution in [0.2, 0.25) is 0 Å². The van der Waals surface area contributed by atoms with E-state index in [1.807, 2.05) is 13.0 Å². The highest BCUT2D eigenvalue weighted by Gasteiger charge is 2.21. The summed E-state index contributed by atoms with van der Waals surface area (Å²) in [6.45, 7) is 3.63. The fraction of sp³-hybridized carbons (Fsp3) is 0.300. The zero-order chi connectivity index (χ0) is 19.8. The highest BCUT2D eigenvalue weighted by atomic mass is 16.5. The van der Waals surface area contributed by atoms with E-state index in [0.29, 0.717) is 29.2 Å². The van der Waals surface area contributed by atoms with Crippen molar-refractivity contribution in [1.29, 1.82) is 0 Å². The zero-order valence-corrected chi connectivity index (χ0v) is 15.6. The summed E-state index contributed by atoms with van der Waals surface area (Å²) in [5.41, 5.74) is 2.29. The maximum absolute atomic E-state index is 12.4. The van der Waals surface area contributed by atoms with Gasteiger partial charge in [0.25, 0.3) is 5.91 Å². The van der Waals surface area contributed by atoms with E-state index in [2.05, 4.69) is 10.6 Å². The second-order valence-electron chi connectivity index (χ2n) is 5.94. The molecule has 0 spiro atoms. The number of aryl methyl sites for hydroxylation is 1. The Morgan fingerprint density at radius 2 is 1.89 bits per heavy atom. The molecule has 7 heteroatoms. The number of esters is 1. The lowest BCUT2D eigenvalue weighted by atomic mass is 10.1. The van der Waals surface area contributed by atoms with Crippen molar-refractivity contribution in [1.82, 2.24) is 0 Å². The van der Waals surface area contributed by atoms with Gasteiger partial charge in [-0.15, -0.1) is 0 Å². The SMILES string of the molecule is COc1ccc(C)cc1NC(=O)[C@H](C)OC(=O)c1ccccc1NCCO. The number of methoxy groups -OCH3 is 1. The monoisotopic (exact) mass is 372 g/mol. The van der Waals surface area contributed by atoms with E-state index in [1.165, 1.54) is 14.0 Å². The highest BCUT2D eigenvalue weighted by Crippen LogP contribution is 2.25. The standard InChI is InChI=1S/C20H24N2O5/c1-13-8-9-18(26-3)17(12-13)22-19(24)14(2)27-20(25)15-6-4-5-7-16(15)21-10-11-23/h4-9,12,14,21,23H,10-11H2,1-3H3,(H,22,24)/t14-/m0/s1. The van der Waals surface area contributed by atoms with Gasteiger partial charge in [0.05, 0.1) is 25.0 Å². The van der Waals surface area contributed by atoms with E-state index in [0.717, 1.165) is 5.56 Å². The van der Waals surface area contributed by atoms with Gasteiger partial charge in [-0.05, 0) is 43.7 Å². The van der Waals surface area contributed by atoms with Crippen molar-refractivity contribution in [2.75, 3.05) is 30.9 Å². The van der Waals surface area contributed by atoms with Gasteiger partial charge in [0, 0.05) is 12.2 Å². The summed E-state index contributed by atoms with van der Waals surface area (Å²) in [5, 5.41) is 14.6. The number of carbonyl (C=O) groups is 2.